The van der Waals surface area contributed by atoms with Crippen molar-refractivity contribution in [3.05, 3.63) is 40.4 Å². The van der Waals surface area contributed by atoms with E-state index in [1.54, 1.807) is 13.8 Å². The number of carbonyl (C=O) groups is 1. The molecule has 0 radical (unpaired) electrons. The molecule has 0 saturated carbocycles. The molecule has 134 valence electrons. The SMILES string of the molecule is C=CCOc1c(Cl)cc(C(=O)NC(CC(C)C)P(=O)(O)O)cc1Cl. The van der Waals surface area contributed by atoms with Crippen molar-refractivity contribution in [1.29, 1.82) is 0 Å². The number of halogens is 2. The highest BCUT2D eigenvalue weighted by Gasteiger charge is 2.31. The quantitative estimate of drug-likeness (QED) is 0.459. The molecule has 1 unspecified atom stereocenters. The van der Waals surface area contributed by atoms with Crippen LogP contribution < -0.4 is 10.1 Å². The molecule has 24 heavy (non-hydrogen) atoms. The van der Waals surface area contributed by atoms with Crippen molar-refractivity contribution in [2.24, 2.45) is 5.92 Å². The summed E-state index contributed by atoms with van der Waals surface area (Å²) in [6.45, 7) is 7.30. The first-order valence-corrected chi connectivity index (χ1v) is 9.58. The number of rotatable bonds is 8. The van der Waals surface area contributed by atoms with Gasteiger partial charge in [-0.15, -0.1) is 0 Å². The van der Waals surface area contributed by atoms with Crippen LogP contribution in [-0.2, 0) is 4.57 Å². The highest BCUT2D eigenvalue weighted by Crippen LogP contribution is 2.43. The maximum absolute atomic E-state index is 12.3. The van der Waals surface area contributed by atoms with Crippen molar-refractivity contribution < 1.29 is 23.9 Å². The molecule has 1 atom stereocenters. The van der Waals surface area contributed by atoms with E-state index in [1.165, 1.54) is 18.2 Å². The van der Waals surface area contributed by atoms with Gasteiger partial charge in [0.2, 0.25) is 0 Å². The van der Waals surface area contributed by atoms with Gasteiger partial charge in [-0.25, -0.2) is 0 Å². The van der Waals surface area contributed by atoms with Crippen LogP contribution in [0.4, 0.5) is 0 Å². The molecule has 9 heteroatoms. The van der Waals surface area contributed by atoms with E-state index in [0.717, 1.165) is 0 Å². The summed E-state index contributed by atoms with van der Waals surface area (Å²) in [4.78, 5) is 31.1. The first kappa shape index (κ1) is 21.0. The lowest BCUT2D eigenvalue weighted by Crippen LogP contribution is -2.35. The molecule has 0 heterocycles. The summed E-state index contributed by atoms with van der Waals surface area (Å²) in [5.74, 6) is -1.75. The van der Waals surface area contributed by atoms with Crippen LogP contribution in [-0.4, -0.2) is 28.1 Å². The number of ether oxygens (including phenoxy) is 1. The molecular weight excluding hydrogens is 376 g/mol. The molecule has 3 N–H and O–H groups in total. The Hall–Kier alpha value is -1.04. The van der Waals surface area contributed by atoms with Gasteiger partial charge in [0.15, 0.2) is 5.75 Å². The maximum atomic E-state index is 12.3. The Kier molecular flexibility index (Phi) is 7.77. The van der Waals surface area contributed by atoms with Crippen molar-refractivity contribution in [1.82, 2.24) is 5.32 Å². The van der Waals surface area contributed by atoms with Crippen LogP contribution in [0.15, 0.2) is 24.8 Å². The third-order valence-electron chi connectivity index (χ3n) is 3.00. The van der Waals surface area contributed by atoms with Gasteiger partial charge in [-0.2, -0.15) is 0 Å². The van der Waals surface area contributed by atoms with Gasteiger partial charge in [-0.3, -0.25) is 9.36 Å². The Labute approximate surface area is 151 Å². The monoisotopic (exact) mass is 395 g/mol. The Morgan fingerprint density at radius 1 is 1.38 bits per heavy atom. The van der Waals surface area contributed by atoms with Crippen LogP contribution in [0.2, 0.25) is 10.0 Å². The fraction of sp³-hybridized carbons (Fsp3) is 0.400. The van der Waals surface area contributed by atoms with E-state index < -0.39 is 19.3 Å². The van der Waals surface area contributed by atoms with E-state index >= 15 is 0 Å². The third kappa shape index (κ3) is 6.11. The minimum absolute atomic E-state index is 0.00946. The first-order chi connectivity index (χ1) is 11.1. The normalized spacial score (nSPS) is 12.8. The minimum Gasteiger partial charge on any atom is -0.486 e. The van der Waals surface area contributed by atoms with Crippen LogP contribution in [0.5, 0.6) is 5.75 Å². The van der Waals surface area contributed by atoms with Gasteiger partial charge in [0.25, 0.3) is 5.91 Å². The third-order valence-corrected chi connectivity index (χ3v) is 4.72. The minimum atomic E-state index is -4.49. The highest BCUT2D eigenvalue weighted by molar-refractivity contribution is 7.52. The number of benzene rings is 1. The van der Waals surface area contributed by atoms with Crippen LogP contribution in [0.1, 0.15) is 30.6 Å². The Bertz CT molecular complexity index is 636. The lowest BCUT2D eigenvalue weighted by molar-refractivity contribution is 0.0939. The molecular formula is C15H20Cl2NO5P. The first-order valence-electron chi connectivity index (χ1n) is 7.15. The number of hydrogen-bond donors (Lipinski definition) is 3. The van der Waals surface area contributed by atoms with Crippen molar-refractivity contribution in [2.45, 2.75) is 26.1 Å². The summed E-state index contributed by atoms with van der Waals surface area (Å²) in [7, 11) is -4.49. The molecule has 0 spiro atoms. The second-order valence-corrected chi connectivity index (χ2v) is 8.19. The number of nitrogens with one attached hydrogen (secondary N) is 1. The number of hydrogen-bond acceptors (Lipinski definition) is 3. The summed E-state index contributed by atoms with van der Waals surface area (Å²) >= 11 is 12.1. The Morgan fingerprint density at radius 2 is 1.92 bits per heavy atom. The van der Waals surface area contributed by atoms with E-state index in [1.807, 2.05) is 0 Å². The molecule has 0 aromatic heterocycles. The van der Waals surface area contributed by atoms with Crippen molar-refractivity contribution in [3.8, 4) is 5.75 Å². The van der Waals surface area contributed by atoms with Crippen LogP contribution in [0.3, 0.4) is 0 Å². The fourth-order valence-electron chi connectivity index (χ4n) is 1.93. The molecule has 1 aromatic rings. The van der Waals surface area contributed by atoms with Crippen LogP contribution in [0, 0.1) is 5.92 Å². The summed E-state index contributed by atoms with van der Waals surface area (Å²) in [6, 6.07) is 2.65. The summed E-state index contributed by atoms with van der Waals surface area (Å²) < 4.78 is 16.8. The second kappa shape index (κ2) is 8.88. The standard InChI is InChI=1S/C15H20Cl2NO5P/c1-4-5-23-14-11(16)7-10(8-12(14)17)15(19)18-13(6-9(2)3)24(20,21)22/h4,7-9,13H,1,5-6H2,2-3H3,(H,18,19)(H2,20,21,22). The van der Waals surface area contributed by atoms with E-state index in [9.17, 15) is 19.1 Å². The second-order valence-electron chi connectivity index (χ2n) is 5.58. The number of amides is 1. The van der Waals surface area contributed by atoms with E-state index in [0.29, 0.717) is 0 Å². The van der Waals surface area contributed by atoms with E-state index in [2.05, 4.69) is 11.9 Å². The van der Waals surface area contributed by atoms with Gasteiger partial charge >= 0.3 is 7.60 Å². The van der Waals surface area contributed by atoms with Crippen LogP contribution >= 0.6 is 30.8 Å². The van der Waals surface area contributed by atoms with E-state index in [-0.39, 0.29) is 40.3 Å². The lowest BCUT2D eigenvalue weighted by Gasteiger charge is -2.22. The molecule has 1 rings (SSSR count). The molecule has 6 nitrogen and oxygen atoms in total. The Morgan fingerprint density at radius 3 is 2.33 bits per heavy atom. The zero-order chi connectivity index (χ0) is 18.5. The summed E-state index contributed by atoms with van der Waals surface area (Å²) in [5, 5.41) is 2.58. The largest absolute Gasteiger partial charge is 0.486 e. The molecule has 0 aliphatic carbocycles. The van der Waals surface area contributed by atoms with Crippen molar-refractivity contribution in [3.63, 3.8) is 0 Å². The summed E-state index contributed by atoms with van der Waals surface area (Å²) in [6.07, 6.45) is 1.65. The molecule has 1 aromatic carbocycles. The zero-order valence-corrected chi connectivity index (χ0v) is 15.7. The molecule has 0 fully saturated rings. The fourth-order valence-corrected chi connectivity index (χ4v) is 3.51. The van der Waals surface area contributed by atoms with Gasteiger partial charge in [-0.1, -0.05) is 49.7 Å². The molecule has 1 amide bonds. The van der Waals surface area contributed by atoms with Gasteiger partial charge in [0.1, 0.15) is 12.4 Å². The highest BCUT2D eigenvalue weighted by atomic mass is 35.5. The van der Waals surface area contributed by atoms with Gasteiger partial charge in [0, 0.05) is 5.56 Å². The predicted molar refractivity (Wildman–Crippen MR) is 94.9 cm³/mol. The molecule has 0 bridgehead atoms. The average Bonchev–Trinajstić information content (AvgIpc) is 2.44. The predicted octanol–water partition coefficient (Wildman–Crippen LogP) is 3.84. The Balaban J connectivity index is 3.02. The maximum Gasteiger partial charge on any atom is 0.347 e. The van der Waals surface area contributed by atoms with Crippen LogP contribution in [0.25, 0.3) is 0 Å². The molecule has 0 aliphatic rings. The molecule has 0 aliphatic heterocycles. The van der Waals surface area contributed by atoms with E-state index in [4.69, 9.17) is 27.9 Å². The average molecular weight is 396 g/mol. The van der Waals surface area contributed by atoms with Gasteiger partial charge in [-0.05, 0) is 24.5 Å². The smallest absolute Gasteiger partial charge is 0.347 e. The number of carbonyl (C=O) groups excluding carboxylic acids is 1. The summed E-state index contributed by atoms with van der Waals surface area (Å²) in [5.41, 5.74) is 0.0816. The zero-order valence-electron chi connectivity index (χ0n) is 13.3. The lowest BCUT2D eigenvalue weighted by atomic mass is 10.1. The van der Waals surface area contributed by atoms with Crippen molar-refractivity contribution in [2.75, 3.05) is 6.61 Å². The topological polar surface area (TPSA) is 95.9 Å². The molecule has 0 saturated heterocycles. The van der Waals surface area contributed by atoms with Gasteiger partial charge < -0.3 is 19.8 Å². The van der Waals surface area contributed by atoms with Crippen molar-refractivity contribution >= 4 is 36.7 Å². The van der Waals surface area contributed by atoms with Gasteiger partial charge in [0.05, 0.1) is 10.0 Å².